The number of aliphatic hydroxyl groups is 1. The molecule has 1 fully saturated rings. The summed E-state index contributed by atoms with van der Waals surface area (Å²) in [6.45, 7) is 5.89. The fraction of sp³-hybridized carbons (Fsp3) is 0.267. The Morgan fingerprint density at radius 2 is 1.68 bits per heavy atom. The molecule has 1 heterocycles. The van der Waals surface area contributed by atoms with Crippen molar-refractivity contribution in [1.82, 2.24) is 4.90 Å². The van der Waals surface area contributed by atoms with Crippen LogP contribution in [0.1, 0.15) is 42.1 Å². The molecule has 0 bridgehead atoms. The number of methoxy groups -OCH3 is 2. The highest BCUT2D eigenvalue weighted by atomic mass is 16.5. The maximum atomic E-state index is 13.5. The quantitative estimate of drug-likeness (QED) is 0.252. The Bertz CT molecular complexity index is 1360. The number of ketones is 1. The first kappa shape index (κ1) is 25.8. The number of aryl methyl sites for hydroxylation is 1. The number of likely N-dealkylation sites (tertiary alicyclic amines) is 1. The van der Waals surface area contributed by atoms with Crippen molar-refractivity contribution in [2.45, 2.75) is 39.5 Å². The molecule has 1 N–H and O–H groups in total. The Labute approximate surface area is 216 Å². The normalized spacial score (nSPS) is 16.8. The molecule has 1 aliphatic heterocycles. The zero-order valence-electron chi connectivity index (χ0n) is 21.6. The Morgan fingerprint density at radius 1 is 0.946 bits per heavy atom. The minimum atomic E-state index is -0.838. The van der Waals surface area contributed by atoms with Gasteiger partial charge < -0.3 is 24.2 Å². The molecule has 0 spiro atoms. The van der Waals surface area contributed by atoms with Crippen molar-refractivity contribution < 1.29 is 28.9 Å². The fourth-order valence-corrected chi connectivity index (χ4v) is 4.54. The Hall–Kier alpha value is -4.26. The van der Waals surface area contributed by atoms with Crippen LogP contribution in [0, 0.1) is 6.92 Å². The number of rotatable bonds is 8. The van der Waals surface area contributed by atoms with Crippen LogP contribution in [0.25, 0.3) is 5.76 Å². The van der Waals surface area contributed by atoms with Crippen LogP contribution in [0.5, 0.6) is 17.2 Å². The standard InChI is InChI=1S/C30H31NO6/c1-18(2)37-23-11-6-8-20(15-23)17-31-27(21-9-7-10-22(16-21)35-4)26(29(33)30(31)34)28(32)24-14-19(3)12-13-25(24)36-5/h6-16,18,27,32H,17H2,1-5H3/b28-26+. The summed E-state index contributed by atoms with van der Waals surface area (Å²) in [5.41, 5.74) is 2.65. The second kappa shape index (κ2) is 10.8. The Morgan fingerprint density at radius 3 is 2.38 bits per heavy atom. The number of hydrogen-bond donors (Lipinski definition) is 1. The number of hydrogen-bond acceptors (Lipinski definition) is 6. The SMILES string of the molecule is COc1cccc(C2/C(=C(\O)c3cc(C)ccc3OC)C(=O)C(=O)N2Cc2cccc(OC(C)C)c2)c1. The number of Topliss-reactive ketones (excluding diaryl/α,β-unsaturated/α-hetero) is 1. The van der Waals surface area contributed by atoms with Crippen LogP contribution in [0.2, 0.25) is 0 Å². The predicted molar refractivity (Wildman–Crippen MR) is 141 cm³/mol. The molecular weight excluding hydrogens is 470 g/mol. The summed E-state index contributed by atoms with van der Waals surface area (Å²) in [4.78, 5) is 28.3. The highest BCUT2D eigenvalue weighted by Crippen LogP contribution is 2.42. The van der Waals surface area contributed by atoms with Crippen molar-refractivity contribution in [3.8, 4) is 17.2 Å². The van der Waals surface area contributed by atoms with E-state index in [1.807, 2.05) is 57.2 Å². The summed E-state index contributed by atoms with van der Waals surface area (Å²) in [7, 11) is 3.04. The summed E-state index contributed by atoms with van der Waals surface area (Å²) in [6, 6.07) is 19.0. The van der Waals surface area contributed by atoms with E-state index in [4.69, 9.17) is 14.2 Å². The second-order valence-electron chi connectivity index (χ2n) is 9.22. The Kier molecular flexibility index (Phi) is 7.53. The van der Waals surface area contributed by atoms with Gasteiger partial charge in [0, 0.05) is 6.54 Å². The van der Waals surface area contributed by atoms with E-state index in [1.54, 1.807) is 37.4 Å². The summed E-state index contributed by atoms with van der Waals surface area (Å²) in [5.74, 6) is -0.0990. The Balaban J connectivity index is 1.87. The smallest absolute Gasteiger partial charge is 0.295 e. The molecule has 0 saturated carbocycles. The molecule has 1 unspecified atom stereocenters. The van der Waals surface area contributed by atoms with Crippen molar-refractivity contribution in [3.05, 3.63) is 94.6 Å². The summed E-state index contributed by atoms with van der Waals surface area (Å²) in [6.07, 6.45) is -0.00873. The van der Waals surface area contributed by atoms with E-state index in [0.29, 0.717) is 28.4 Å². The molecule has 7 nitrogen and oxygen atoms in total. The minimum absolute atomic E-state index is 0.00302. The highest BCUT2D eigenvalue weighted by Gasteiger charge is 2.46. The van der Waals surface area contributed by atoms with Crippen LogP contribution in [-0.4, -0.2) is 42.0 Å². The molecule has 1 aliphatic rings. The molecule has 7 heteroatoms. The van der Waals surface area contributed by atoms with Gasteiger partial charge in [0.05, 0.1) is 37.5 Å². The third-order valence-electron chi connectivity index (χ3n) is 6.18. The number of amides is 1. The zero-order chi connectivity index (χ0) is 26.7. The third-order valence-corrected chi connectivity index (χ3v) is 6.18. The molecule has 0 aromatic heterocycles. The van der Waals surface area contributed by atoms with Crippen LogP contribution >= 0.6 is 0 Å². The third kappa shape index (κ3) is 5.31. The molecule has 192 valence electrons. The number of nitrogens with zero attached hydrogens (tertiary/aromatic N) is 1. The van der Waals surface area contributed by atoms with Gasteiger partial charge in [-0.15, -0.1) is 0 Å². The van der Waals surface area contributed by atoms with Gasteiger partial charge in [0.1, 0.15) is 23.0 Å². The maximum absolute atomic E-state index is 13.5. The van der Waals surface area contributed by atoms with Crippen molar-refractivity contribution >= 4 is 17.4 Å². The number of aliphatic hydroxyl groups excluding tert-OH is 1. The van der Waals surface area contributed by atoms with E-state index in [1.165, 1.54) is 12.0 Å². The number of carbonyl (C=O) groups is 2. The van der Waals surface area contributed by atoms with Gasteiger partial charge in [-0.1, -0.05) is 35.9 Å². The lowest BCUT2D eigenvalue weighted by Gasteiger charge is -2.26. The second-order valence-corrected chi connectivity index (χ2v) is 9.22. The van der Waals surface area contributed by atoms with E-state index in [9.17, 15) is 14.7 Å². The monoisotopic (exact) mass is 501 g/mol. The van der Waals surface area contributed by atoms with E-state index in [0.717, 1.165) is 11.1 Å². The lowest BCUT2D eigenvalue weighted by atomic mass is 9.94. The van der Waals surface area contributed by atoms with Gasteiger partial charge in [-0.2, -0.15) is 0 Å². The van der Waals surface area contributed by atoms with Crippen molar-refractivity contribution in [2.24, 2.45) is 0 Å². The first-order valence-corrected chi connectivity index (χ1v) is 12.1. The van der Waals surface area contributed by atoms with Gasteiger partial charge in [0.25, 0.3) is 11.7 Å². The molecule has 37 heavy (non-hydrogen) atoms. The molecule has 0 radical (unpaired) electrons. The van der Waals surface area contributed by atoms with Gasteiger partial charge >= 0.3 is 0 Å². The van der Waals surface area contributed by atoms with Crippen LogP contribution in [0.4, 0.5) is 0 Å². The lowest BCUT2D eigenvalue weighted by molar-refractivity contribution is -0.140. The van der Waals surface area contributed by atoms with Crippen molar-refractivity contribution in [3.63, 3.8) is 0 Å². The van der Waals surface area contributed by atoms with E-state index >= 15 is 0 Å². The topological polar surface area (TPSA) is 85.3 Å². The van der Waals surface area contributed by atoms with Gasteiger partial charge in [-0.05, 0) is 68.3 Å². The van der Waals surface area contributed by atoms with E-state index < -0.39 is 17.7 Å². The number of benzene rings is 3. The van der Waals surface area contributed by atoms with Crippen LogP contribution in [0.15, 0.2) is 72.3 Å². The number of ether oxygens (including phenoxy) is 3. The number of carbonyl (C=O) groups excluding carboxylic acids is 2. The van der Waals surface area contributed by atoms with Crippen LogP contribution in [-0.2, 0) is 16.1 Å². The molecule has 4 rings (SSSR count). The minimum Gasteiger partial charge on any atom is -0.507 e. The average molecular weight is 502 g/mol. The molecule has 1 amide bonds. The largest absolute Gasteiger partial charge is 0.507 e. The molecule has 1 saturated heterocycles. The van der Waals surface area contributed by atoms with Gasteiger partial charge in [0.2, 0.25) is 0 Å². The molecule has 1 atom stereocenters. The van der Waals surface area contributed by atoms with E-state index in [2.05, 4.69) is 0 Å². The molecule has 0 aliphatic carbocycles. The lowest BCUT2D eigenvalue weighted by Crippen LogP contribution is -2.29. The first-order chi connectivity index (χ1) is 17.7. The fourth-order valence-electron chi connectivity index (χ4n) is 4.54. The average Bonchev–Trinajstić information content (AvgIpc) is 3.13. The van der Waals surface area contributed by atoms with Gasteiger partial charge in [-0.3, -0.25) is 9.59 Å². The first-order valence-electron chi connectivity index (χ1n) is 12.1. The van der Waals surface area contributed by atoms with Crippen LogP contribution in [0.3, 0.4) is 0 Å². The highest BCUT2D eigenvalue weighted by molar-refractivity contribution is 6.46. The molecule has 3 aromatic carbocycles. The maximum Gasteiger partial charge on any atom is 0.295 e. The van der Waals surface area contributed by atoms with Crippen LogP contribution < -0.4 is 14.2 Å². The van der Waals surface area contributed by atoms with E-state index in [-0.39, 0.29) is 24.0 Å². The van der Waals surface area contributed by atoms with Crippen molar-refractivity contribution in [2.75, 3.05) is 14.2 Å². The summed E-state index contributed by atoms with van der Waals surface area (Å²) in [5, 5.41) is 11.5. The van der Waals surface area contributed by atoms with Gasteiger partial charge in [0.15, 0.2) is 0 Å². The summed E-state index contributed by atoms with van der Waals surface area (Å²) < 4.78 is 16.7. The zero-order valence-corrected chi connectivity index (χ0v) is 21.6. The molecule has 3 aromatic rings. The van der Waals surface area contributed by atoms with Gasteiger partial charge in [-0.25, -0.2) is 0 Å². The van der Waals surface area contributed by atoms with Crippen molar-refractivity contribution in [1.29, 1.82) is 0 Å². The molecular formula is C30H31NO6. The summed E-state index contributed by atoms with van der Waals surface area (Å²) >= 11 is 0. The predicted octanol–water partition coefficient (Wildman–Crippen LogP) is 5.42.